The molecule has 0 aliphatic heterocycles. The summed E-state index contributed by atoms with van der Waals surface area (Å²) in [5.74, 6) is 1.44. The fourth-order valence-electron chi connectivity index (χ4n) is 2.46. The molecule has 0 aliphatic rings. The maximum atomic E-state index is 12.8. The fourth-order valence-corrected chi connectivity index (χ4v) is 2.46. The van der Waals surface area contributed by atoms with Crippen LogP contribution in [-0.2, 0) is 6.54 Å². The van der Waals surface area contributed by atoms with Crippen molar-refractivity contribution in [2.24, 2.45) is 5.92 Å². The molecule has 0 radical (unpaired) electrons. The zero-order valence-electron chi connectivity index (χ0n) is 14.8. The lowest BCUT2D eigenvalue weighted by Crippen LogP contribution is -2.30. The van der Waals surface area contributed by atoms with Crippen molar-refractivity contribution in [2.75, 3.05) is 18.4 Å². The largest absolute Gasteiger partial charge is 0.370 e. The van der Waals surface area contributed by atoms with Crippen molar-refractivity contribution in [2.45, 2.75) is 33.7 Å². The van der Waals surface area contributed by atoms with Crippen LogP contribution in [0.5, 0.6) is 0 Å². The molecule has 2 rings (SSSR count). The lowest BCUT2D eigenvalue weighted by atomic mass is 10.1. The Hall–Kier alpha value is -2.36. The van der Waals surface area contributed by atoms with Crippen molar-refractivity contribution in [3.63, 3.8) is 0 Å². The smallest absolute Gasteiger partial charge is 0.254 e. The molecule has 1 amide bonds. The number of anilines is 1. The summed E-state index contributed by atoms with van der Waals surface area (Å²) in [5.41, 5.74) is 1.81. The lowest BCUT2D eigenvalue weighted by molar-refractivity contribution is 0.0752. The van der Waals surface area contributed by atoms with E-state index in [-0.39, 0.29) is 5.91 Å². The van der Waals surface area contributed by atoms with Gasteiger partial charge in [-0.1, -0.05) is 44.2 Å². The predicted molar refractivity (Wildman–Crippen MR) is 99.0 cm³/mol. The van der Waals surface area contributed by atoms with E-state index in [0.717, 1.165) is 24.3 Å². The number of amides is 1. The van der Waals surface area contributed by atoms with Gasteiger partial charge in [-0.3, -0.25) is 4.79 Å². The van der Waals surface area contributed by atoms with Gasteiger partial charge >= 0.3 is 0 Å². The van der Waals surface area contributed by atoms with Gasteiger partial charge in [-0.05, 0) is 37.0 Å². The Morgan fingerprint density at radius 1 is 1.21 bits per heavy atom. The summed E-state index contributed by atoms with van der Waals surface area (Å²) < 4.78 is 0. The van der Waals surface area contributed by atoms with E-state index < -0.39 is 0 Å². The quantitative estimate of drug-likeness (QED) is 0.791. The van der Waals surface area contributed by atoms with Crippen LogP contribution in [0.4, 0.5) is 5.82 Å². The van der Waals surface area contributed by atoms with Crippen molar-refractivity contribution in [3.8, 4) is 0 Å². The Bertz CT molecular complexity index is 640. The van der Waals surface area contributed by atoms with E-state index in [1.165, 1.54) is 0 Å². The first-order chi connectivity index (χ1) is 11.6. The minimum absolute atomic E-state index is 0.0377. The van der Waals surface area contributed by atoms with Gasteiger partial charge in [0.1, 0.15) is 5.82 Å². The molecule has 0 saturated carbocycles. The number of pyridine rings is 1. The average Bonchev–Trinajstić information content (AvgIpc) is 2.60. The van der Waals surface area contributed by atoms with Crippen molar-refractivity contribution in [1.29, 1.82) is 0 Å². The molecule has 0 spiro atoms. The van der Waals surface area contributed by atoms with Gasteiger partial charge in [0, 0.05) is 31.4 Å². The van der Waals surface area contributed by atoms with E-state index in [1.807, 2.05) is 48.2 Å². The standard InChI is InChI=1S/C20H27N3O/c1-4-23(15-17-8-6-5-7-9-17)20(24)18-11-13-22-19(14-18)21-12-10-16(2)3/h5-9,11,13-14,16H,4,10,12,15H2,1-3H3,(H,21,22). The molecule has 1 aromatic carbocycles. The zero-order chi connectivity index (χ0) is 17.4. The molecular weight excluding hydrogens is 298 g/mol. The maximum Gasteiger partial charge on any atom is 0.254 e. The van der Waals surface area contributed by atoms with Gasteiger partial charge in [-0.25, -0.2) is 4.98 Å². The van der Waals surface area contributed by atoms with Crippen LogP contribution >= 0.6 is 0 Å². The van der Waals surface area contributed by atoms with Gasteiger partial charge in [0.25, 0.3) is 5.91 Å². The first-order valence-electron chi connectivity index (χ1n) is 8.63. The summed E-state index contributed by atoms with van der Waals surface area (Å²) in [6, 6.07) is 13.7. The Morgan fingerprint density at radius 3 is 2.62 bits per heavy atom. The Labute approximate surface area is 144 Å². The topological polar surface area (TPSA) is 45.2 Å². The van der Waals surface area contributed by atoms with Crippen LogP contribution in [0.1, 0.15) is 43.1 Å². The predicted octanol–water partition coefficient (Wildman–Crippen LogP) is 4.20. The van der Waals surface area contributed by atoms with Crippen molar-refractivity contribution in [3.05, 3.63) is 59.8 Å². The highest BCUT2D eigenvalue weighted by Crippen LogP contribution is 2.13. The summed E-state index contributed by atoms with van der Waals surface area (Å²) in [6.45, 7) is 8.55. The number of aromatic nitrogens is 1. The summed E-state index contributed by atoms with van der Waals surface area (Å²) in [4.78, 5) is 18.9. The van der Waals surface area contributed by atoms with E-state index in [0.29, 0.717) is 24.6 Å². The number of carbonyl (C=O) groups excluding carboxylic acids is 1. The van der Waals surface area contributed by atoms with Crippen LogP contribution in [0, 0.1) is 5.92 Å². The molecule has 1 N–H and O–H groups in total. The highest BCUT2D eigenvalue weighted by molar-refractivity contribution is 5.94. The summed E-state index contributed by atoms with van der Waals surface area (Å²) in [7, 11) is 0. The van der Waals surface area contributed by atoms with Crippen molar-refractivity contribution in [1.82, 2.24) is 9.88 Å². The molecule has 0 aliphatic carbocycles. The number of carbonyl (C=O) groups is 1. The van der Waals surface area contributed by atoms with Crippen molar-refractivity contribution >= 4 is 11.7 Å². The molecule has 0 unspecified atom stereocenters. The minimum atomic E-state index is 0.0377. The summed E-state index contributed by atoms with van der Waals surface area (Å²) in [6.07, 6.45) is 2.77. The van der Waals surface area contributed by atoms with Gasteiger partial charge in [-0.2, -0.15) is 0 Å². The zero-order valence-corrected chi connectivity index (χ0v) is 14.8. The summed E-state index contributed by atoms with van der Waals surface area (Å²) >= 11 is 0. The van der Waals surface area contributed by atoms with Gasteiger partial charge in [0.15, 0.2) is 0 Å². The van der Waals surface area contributed by atoms with Gasteiger partial charge in [0.2, 0.25) is 0 Å². The second kappa shape index (κ2) is 9.06. The number of rotatable bonds is 8. The van der Waals surface area contributed by atoms with E-state index >= 15 is 0 Å². The van der Waals surface area contributed by atoms with E-state index in [9.17, 15) is 4.79 Å². The molecule has 0 fully saturated rings. The second-order valence-corrected chi connectivity index (χ2v) is 6.34. The number of hydrogen-bond donors (Lipinski definition) is 1. The van der Waals surface area contributed by atoms with E-state index in [1.54, 1.807) is 12.3 Å². The Morgan fingerprint density at radius 2 is 1.96 bits per heavy atom. The highest BCUT2D eigenvalue weighted by Gasteiger charge is 2.15. The molecule has 0 atom stereocenters. The third kappa shape index (κ3) is 5.37. The third-order valence-corrected chi connectivity index (χ3v) is 3.92. The number of nitrogens with zero attached hydrogens (tertiary/aromatic N) is 2. The number of hydrogen-bond acceptors (Lipinski definition) is 3. The molecule has 0 saturated heterocycles. The van der Waals surface area contributed by atoms with Crippen LogP contribution in [0.2, 0.25) is 0 Å². The van der Waals surface area contributed by atoms with Crippen molar-refractivity contribution < 1.29 is 4.79 Å². The second-order valence-electron chi connectivity index (χ2n) is 6.34. The molecule has 2 aromatic rings. The van der Waals surface area contributed by atoms with Crippen LogP contribution in [0.3, 0.4) is 0 Å². The Kier molecular flexibility index (Phi) is 6.79. The monoisotopic (exact) mass is 325 g/mol. The van der Waals surface area contributed by atoms with Crippen LogP contribution < -0.4 is 5.32 Å². The molecule has 1 aromatic heterocycles. The van der Waals surface area contributed by atoms with Gasteiger partial charge in [-0.15, -0.1) is 0 Å². The Balaban J connectivity index is 2.04. The average molecular weight is 325 g/mol. The van der Waals surface area contributed by atoms with E-state index in [2.05, 4.69) is 24.1 Å². The third-order valence-electron chi connectivity index (χ3n) is 3.92. The lowest BCUT2D eigenvalue weighted by Gasteiger charge is -2.21. The SMILES string of the molecule is CCN(Cc1ccccc1)C(=O)c1ccnc(NCCC(C)C)c1. The first kappa shape index (κ1) is 18.0. The number of benzene rings is 1. The molecule has 0 bridgehead atoms. The van der Waals surface area contributed by atoms with Gasteiger partial charge < -0.3 is 10.2 Å². The van der Waals surface area contributed by atoms with Gasteiger partial charge in [0.05, 0.1) is 0 Å². The highest BCUT2D eigenvalue weighted by atomic mass is 16.2. The molecule has 4 nitrogen and oxygen atoms in total. The first-order valence-corrected chi connectivity index (χ1v) is 8.63. The van der Waals surface area contributed by atoms with Crippen LogP contribution in [-0.4, -0.2) is 28.9 Å². The molecular formula is C20H27N3O. The number of nitrogens with one attached hydrogen (secondary N) is 1. The minimum Gasteiger partial charge on any atom is -0.370 e. The fraction of sp³-hybridized carbons (Fsp3) is 0.400. The molecule has 128 valence electrons. The normalized spacial score (nSPS) is 10.7. The van der Waals surface area contributed by atoms with E-state index in [4.69, 9.17) is 0 Å². The molecule has 4 heteroatoms. The summed E-state index contributed by atoms with van der Waals surface area (Å²) in [5, 5.41) is 3.30. The van der Waals surface area contributed by atoms with Crippen LogP contribution in [0.15, 0.2) is 48.7 Å². The molecule has 1 heterocycles. The maximum absolute atomic E-state index is 12.8. The van der Waals surface area contributed by atoms with Crippen LogP contribution in [0.25, 0.3) is 0 Å². The molecule has 24 heavy (non-hydrogen) atoms.